The van der Waals surface area contributed by atoms with E-state index in [-0.39, 0.29) is 0 Å². The van der Waals surface area contributed by atoms with Crippen LogP contribution < -0.4 is 0 Å². The first-order valence-electron chi connectivity index (χ1n) is 12.1. The van der Waals surface area contributed by atoms with Crippen molar-refractivity contribution in [3.8, 4) is 0 Å². The summed E-state index contributed by atoms with van der Waals surface area (Å²) in [5.74, 6) is 1.69. The van der Waals surface area contributed by atoms with E-state index in [4.69, 9.17) is 0 Å². The number of nitrogens with zero attached hydrogens (tertiary/aromatic N) is 2. The first-order valence-corrected chi connectivity index (χ1v) is 12.1. The second kappa shape index (κ2) is 13.0. The van der Waals surface area contributed by atoms with Gasteiger partial charge in [-0.25, -0.2) is 0 Å². The average molecular weight is 415 g/mol. The molecule has 0 unspecified atom stereocenters. The molecule has 1 aliphatic carbocycles. The third kappa shape index (κ3) is 7.94. The zero-order chi connectivity index (χ0) is 21.7. The summed E-state index contributed by atoms with van der Waals surface area (Å²) in [6.07, 6.45) is 18.5. The van der Waals surface area contributed by atoms with Gasteiger partial charge in [0, 0.05) is 0 Å². The molecule has 1 fully saturated rings. The molecule has 0 amide bonds. The van der Waals surface area contributed by atoms with Gasteiger partial charge >= 0.3 is 0 Å². The van der Waals surface area contributed by atoms with Gasteiger partial charge in [0.15, 0.2) is 0 Å². The molecule has 1 saturated carbocycles. The molecule has 0 saturated heterocycles. The van der Waals surface area contributed by atoms with Crippen molar-refractivity contribution in [2.45, 2.75) is 77.0 Å². The Morgan fingerprint density at radius 1 is 0.806 bits per heavy atom. The molecule has 164 valence electrons. The van der Waals surface area contributed by atoms with E-state index in [2.05, 4.69) is 72.2 Å². The van der Waals surface area contributed by atoms with Crippen LogP contribution in [0.4, 0.5) is 0 Å². The van der Waals surface area contributed by atoms with Crippen molar-refractivity contribution in [2.24, 2.45) is 16.1 Å². The Balaban J connectivity index is 1.43. The molecule has 1 aliphatic rings. The minimum absolute atomic E-state index is 0.738. The van der Waals surface area contributed by atoms with Crippen LogP contribution in [0.25, 0.3) is 0 Å². The summed E-state index contributed by atoms with van der Waals surface area (Å²) >= 11 is 0. The maximum atomic E-state index is 4.24. The summed E-state index contributed by atoms with van der Waals surface area (Å²) in [6.45, 7) is 6.10. The van der Waals surface area contributed by atoms with Crippen LogP contribution >= 0.6 is 0 Å². The second-order valence-corrected chi connectivity index (χ2v) is 8.91. The van der Waals surface area contributed by atoms with Gasteiger partial charge in [0.05, 0.1) is 12.4 Å². The first-order chi connectivity index (χ1) is 15.3. The smallest absolute Gasteiger partial charge is 0.0568 e. The molecule has 2 nitrogen and oxygen atoms in total. The van der Waals surface area contributed by atoms with Gasteiger partial charge < -0.3 is 0 Å². The Hall–Kier alpha value is -2.48. The van der Waals surface area contributed by atoms with Crippen LogP contribution in [0.15, 0.2) is 71.4 Å². The Morgan fingerprint density at radius 3 is 2.00 bits per heavy atom. The number of aryl methyl sites for hydroxylation is 1. The van der Waals surface area contributed by atoms with Gasteiger partial charge in [0.2, 0.25) is 0 Å². The minimum atomic E-state index is 0.738. The molecular weight excluding hydrogens is 376 g/mol. The van der Waals surface area contributed by atoms with Crippen LogP contribution in [0.3, 0.4) is 0 Å². The summed E-state index contributed by atoms with van der Waals surface area (Å²) < 4.78 is 0. The number of benzene rings is 2. The summed E-state index contributed by atoms with van der Waals surface area (Å²) in [4.78, 5) is 0. The maximum Gasteiger partial charge on any atom is 0.0568 e. The Kier molecular flexibility index (Phi) is 9.76. The van der Waals surface area contributed by atoms with Crippen LogP contribution in [-0.2, 0) is 6.42 Å². The zero-order valence-electron chi connectivity index (χ0n) is 19.2. The standard InChI is InChI=1S/C29H38N2/c1-3-5-6-7-8-9-25-10-12-26(13-11-25)22-30-31-23-27-16-20-29(21-17-27)28-18-14-24(4-2)15-19-28/h3,10-13,16-17,20-24,28H,1,4-9,14-15,18-19H2,2H3/t24-,28-. The molecule has 0 radical (unpaired) electrons. The molecule has 0 atom stereocenters. The van der Waals surface area contributed by atoms with E-state index in [1.807, 2.05) is 18.5 Å². The van der Waals surface area contributed by atoms with Crippen molar-refractivity contribution in [1.29, 1.82) is 0 Å². The highest BCUT2D eigenvalue weighted by Gasteiger charge is 2.20. The van der Waals surface area contributed by atoms with Crippen LogP contribution in [0, 0.1) is 5.92 Å². The summed E-state index contributed by atoms with van der Waals surface area (Å²) in [5.41, 5.74) is 5.07. The van der Waals surface area contributed by atoms with Crippen molar-refractivity contribution in [2.75, 3.05) is 0 Å². The lowest BCUT2D eigenvalue weighted by molar-refractivity contribution is 0.319. The molecule has 3 rings (SSSR count). The predicted molar refractivity (Wildman–Crippen MR) is 135 cm³/mol. The van der Waals surface area contributed by atoms with Crippen molar-refractivity contribution < 1.29 is 0 Å². The van der Waals surface area contributed by atoms with Crippen LogP contribution in [0.5, 0.6) is 0 Å². The fraction of sp³-hybridized carbons (Fsp3) is 0.448. The fourth-order valence-electron chi connectivity index (χ4n) is 4.52. The molecule has 31 heavy (non-hydrogen) atoms. The van der Waals surface area contributed by atoms with E-state index in [1.54, 1.807) is 0 Å². The first kappa shape index (κ1) is 23.2. The average Bonchev–Trinajstić information content (AvgIpc) is 2.83. The number of unbranched alkanes of at least 4 members (excludes halogenated alkanes) is 3. The monoisotopic (exact) mass is 414 g/mol. The fourth-order valence-corrected chi connectivity index (χ4v) is 4.52. The van der Waals surface area contributed by atoms with Crippen LogP contribution in [-0.4, -0.2) is 12.4 Å². The molecule has 2 heteroatoms. The lowest BCUT2D eigenvalue weighted by Crippen LogP contribution is -2.12. The minimum Gasteiger partial charge on any atom is -0.159 e. The molecular formula is C29H38N2. The topological polar surface area (TPSA) is 24.7 Å². The Bertz CT molecular complexity index is 822. The SMILES string of the molecule is C=CCCCCCc1ccc(C=NN=Cc2ccc([C@H]3CC[C@H](CC)CC3)cc2)cc1. The van der Waals surface area contributed by atoms with Crippen molar-refractivity contribution in [3.05, 3.63) is 83.4 Å². The highest BCUT2D eigenvalue weighted by Crippen LogP contribution is 2.36. The van der Waals surface area contributed by atoms with Gasteiger partial charge in [-0.15, -0.1) is 6.58 Å². The van der Waals surface area contributed by atoms with Crippen molar-refractivity contribution in [1.82, 2.24) is 0 Å². The van der Waals surface area contributed by atoms with Crippen LogP contribution in [0.1, 0.15) is 92.9 Å². The number of rotatable bonds is 11. The lowest BCUT2D eigenvalue weighted by atomic mass is 9.78. The second-order valence-electron chi connectivity index (χ2n) is 8.91. The molecule has 0 heterocycles. The quantitative estimate of drug-likeness (QED) is 0.153. The number of hydrogen-bond acceptors (Lipinski definition) is 2. The van der Waals surface area contributed by atoms with Gasteiger partial charge in [-0.2, -0.15) is 10.2 Å². The van der Waals surface area contributed by atoms with Gasteiger partial charge in [-0.1, -0.05) is 74.4 Å². The number of allylic oxidation sites excluding steroid dienone is 1. The summed E-state index contributed by atoms with van der Waals surface area (Å²) in [5, 5.41) is 8.46. The summed E-state index contributed by atoms with van der Waals surface area (Å²) in [6, 6.07) is 17.5. The van der Waals surface area contributed by atoms with Crippen molar-refractivity contribution >= 4 is 12.4 Å². The van der Waals surface area contributed by atoms with E-state index >= 15 is 0 Å². The van der Waals surface area contributed by atoms with E-state index in [0.29, 0.717) is 0 Å². The van der Waals surface area contributed by atoms with Crippen LogP contribution in [0.2, 0.25) is 0 Å². The Morgan fingerprint density at radius 2 is 1.42 bits per heavy atom. The molecule has 0 aromatic heterocycles. The molecule has 0 N–H and O–H groups in total. The van der Waals surface area contributed by atoms with Gasteiger partial charge in [0.1, 0.15) is 0 Å². The number of hydrogen-bond donors (Lipinski definition) is 0. The van der Waals surface area contributed by atoms with E-state index < -0.39 is 0 Å². The molecule has 2 aromatic rings. The lowest BCUT2D eigenvalue weighted by Gasteiger charge is -2.28. The highest BCUT2D eigenvalue weighted by molar-refractivity contribution is 5.82. The van der Waals surface area contributed by atoms with Crippen molar-refractivity contribution in [3.63, 3.8) is 0 Å². The van der Waals surface area contributed by atoms with E-state index in [9.17, 15) is 0 Å². The maximum absolute atomic E-state index is 4.24. The van der Waals surface area contributed by atoms with Gasteiger partial charge in [-0.05, 0) is 85.5 Å². The highest BCUT2D eigenvalue weighted by atomic mass is 15.2. The summed E-state index contributed by atoms with van der Waals surface area (Å²) in [7, 11) is 0. The molecule has 0 aliphatic heterocycles. The molecule has 2 aromatic carbocycles. The van der Waals surface area contributed by atoms with Gasteiger partial charge in [0.25, 0.3) is 0 Å². The zero-order valence-corrected chi connectivity index (χ0v) is 19.2. The predicted octanol–water partition coefficient (Wildman–Crippen LogP) is 8.11. The third-order valence-electron chi connectivity index (χ3n) is 6.67. The molecule has 0 bridgehead atoms. The Labute approximate surface area is 189 Å². The third-order valence-corrected chi connectivity index (χ3v) is 6.67. The van der Waals surface area contributed by atoms with Gasteiger partial charge in [-0.3, -0.25) is 0 Å². The van der Waals surface area contributed by atoms with E-state index in [1.165, 1.54) is 62.5 Å². The molecule has 0 spiro atoms. The largest absolute Gasteiger partial charge is 0.159 e. The van der Waals surface area contributed by atoms with E-state index in [0.717, 1.165) is 35.8 Å². The normalized spacial score (nSPS) is 19.3.